The van der Waals surface area contributed by atoms with Crippen LogP contribution >= 0.6 is 0 Å². The normalized spacial score (nSPS) is 10.1. The van der Waals surface area contributed by atoms with Crippen LogP contribution in [0.15, 0.2) is 24.3 Å². The number of rotatable bonds is 4. The van der Waals surface area contributed by atoms with Gasteiger partial charge in [0.15, 0.2) is 0 Å². The fraction of sp³-hybridized carbons (Fsp3) is 0.556. The Morgan fingerprint density at radius 1 is 1.18 bits per heavy atom. The van der Waals surface area contributed by atoms with Crippen molar-refractivity contribution < 1.29 is 4.79 Å². The van der Waals surface area contributed by atoms with Gasteiger partial charge in [-0.25, -0.2) is 4.79 Å². The zero-order chi connectivity index (χ0) is 17.5. The molecule has 0 aromatic heterocycles. The maximum Gasteiger partial charge on any atom is 0.319 e. The summed E-state index contributed by atoms with van der Waals surface area (Å²) in [5.41, 5.74) is 1.80. The third-order valence-corrected chi connectivity index (χ3v) is 2.53. The Bertz CT molecular complexity index is 450. The van der Waals surface area contributed by atoms with Gasteiger partial charge in [-0.3, -0.25) is 0 Å². The number of amides is 2. The van der Waals surface area contributed by atoms with Crippen LogP contribution in [0.2, 0.25) is 0 Å². The third-order valence-electron chi connectivity index (χ3n) is 2.53. The number of nitriles is 1. The van der Waals surface area contributed by atoms with Crippen molar-refractivity contribution in [2.75, 3.05) is 5.32 Å². The molecule has 1 atom stereocenters. The first kappa shape index (κ1) is 22.3. The van der Waals surface area contributed by atoms with Crippen molar-refractivity contribution in [1.29, 1.82) is 5.26 Å². The van der Waals surface area contributed by atoms with Gasteiger partial charge in [0.1, 0.15) is 0 Å². The van der Waals surface area contributed by atoms with Gasteiger partial charge < -0.3 is 10.6 Å². The van der Waals surface area contributed by atoms with Crippen LogP contribution < -0.4 is 10.6 Å². The Kier molecular flexibility index (Phi) is 14.1. The fourth-order valence-corrected chi connectivity index (χ4v) is 1.61. The van der Waals surface area contributed by atoms with E-state index >= 15 is 0 Å². The van der Waals surface area contributed by atoms with E-state index in [1.807, 2.05) is 72.7 Å². The molecule has 0 saturated heterocycles. The van der Waals surface area contributed by atoms with E-state index in [-0.39, 0.29) is 18.0 Å². The van der Waals surface area contributed by atoms with E-state index < -0.39 is 0 Å². The molecule has 0 aliphatic rings. The van der Waals surface area contributed by atoms with Gasteiger partial charge in [0, 0.05) is 18.2 Å². The quantitative estimate of drug-likeness (QED) is 0.794. The predicted octanol–water partition coefficient (Wildman–Crippen LogP) is 5.29. The first-order valence-corrected chi connectivity index (χ1v) is 8.07. The molecule has 1 aromatic carbocycles. The van der Waals surface area contributed by atoms with Crippen molar-refractivity contribution >= 4 is 11.7 Å². The Morgan fingerprint density at radius 2 is 1.77 bits per heavy atom. The highest BCUT2D eigenvalue weighted by Crippen LogP contribution is 2.21. The average Bonchev–Trinajstić information content (AvgIpc) is 2.51. The lowest BCUT2D eigenvalue weighted by Gasteiger charge is -2.12. The SMILES string of the molecule is CC.CC.CC(C)NC(=O)Nc1cccc(C(C)CC#N)c1. The molecule has 4 nitrogen and oxygen atoms in total. The minimum absolute atomic E-state index is 0.102. The molecule has 22 heavy (non-hydrogen) atoms. The summed E-state index contributed by atoms with van der Waals surface area (Å²) in [5.74, 6) is 0.171. The smallest absolute Gasteiger partial charge is 0.319 e. The molecule has 0 radical (unpaired) electrons. The molecule has 1 aromatic rings. The van der Waals surface area contributed by atoms with E-state index in [4.69, 9.17) is 5.26 Å². The van der Waals surface area contributed by atoms with Gasteiger partial charge in [-0.2, -0.15) is 5.26 Å². The lowest BCUT2D eigenvalue weighted by molar-refractivity contribution is 0.250. The van der Waals surface area contributed by atoms with Crippen LogP contribution in [0.4, 0.5) is 10.5 Å². The van der Waals surface area contributed by atoms with Crippen molar-refractivity contribution in [1.82, 2.24) is 5.32 Å². The molecule has 2 amide bonds. The molecular formula is C18H31N3O. The minimum atomic E-state index is -0.213. The van der Waals surface area contributed by atoms with Crippen molar-refractivity contribution in [3.63, 3.8) is 0 Å². The van der Waals surface area contributed by atoms with Crippen LogP contribution in [0.1, 0.15) is 66.4 Å². The number of carbonyl (C=O) groups excluding carboxylic acids is 1. The van der Waals surface area contributed by atoms with Crippen LogP contribution in [0.25, 0.3) is 0 Å². The van der Waals surface area contributed by atoms with Crippen molar-refractivity contribution in [3.8, 4) is 6.07 Å². The molecule has 0 saturated carbocycles. The average molecular weight is 305 g/mol. The molecule has 0 aliphatic heterocycles. The maximum atomic E-state index is 11.6. The van der Waals surface area contributed by atoms with Gasteiger partial charge in [-0.1, -0.05) is 46.8 Å². The summed E-state index contributed by atoms with van der Waals surface area (Å²) >= 11 is 0. The van der Waals surface area contributed by atoms with Gasteiger partial charge in [-0.05, 0) is 37.5 Å². The number of carbonyl (C=O) groups is 1. The summed E-state index contributed by atoms with van der Waals surface area (Å²) in [5, 5.41) is 14.2. The number of benzene rings is 1. The van der Waals surface area contributed by atoms with Gasteiger partial charge in [-0.15, -0.1) is 0 Å². The lowest BCUT2D eigenvalue weighted by atomic mass is 9.98. The van der Waals surface area contributed by atoms with E-state index in [2.05, 4.69) is 16.7 Å². The summed E-state index contributed by atoms with van der Waals surface area (Å²) in [6.45, 7) is 13.8. The van der Waals surface area contributed by atoms with Gasteiger partial charge in [0.05, 0.1) is 6.07 Å². The highest BCUT2D eigenvalue weighted by atomic mass is 16.2. The highest BCUT2D eigenvalue weighted by molar-refractivity contribution is 5.89. The number of nitrogens with zero attached hydrogens (tertiary/aromatic N) is 1. The number of hydrogen-bond donors (Lipinski definition) is 2. The summed E-state index contributed by atoms with van der Waals surface area (Å²) in [6.07, 6.45) is 0.474. The number of urea groups is 1. The Morgan fingerprint density at radius 3 is 2.27 bits per heavy atom. The summed E-state index contributed by atoms with van der Waals surface area (Å²) in [4.78, 5) is 11.6. The molecule has 0 spiro atoms. The second-order valence-electron chi connectivity index (χ2n) is 4.64. The standard InChI is InChI=1S/C14H19N3O.2C2H6/c1-10(2)16-14(18)17-13-6-4-5-12(9-13)11(3)7-8-15;2*1-2/h4-6,9-11H,7H2,1-3H3,(H2,16,17,18);2*1-2H3. The van der Waals surface area contributed by atoms with Gasteiger partial charge in [0.25, 0.3) is 0 Å². The van der Waals surface area contributed by atoms with E-state index in [9.17, 15) is 4.79 Å². The van der Waals surface area contributed by atoms with Crippen LogP contribution in [-0.4, -0.2) is 12.1 Å². The minimum Gasteiger partial charge on any atom is -0.336 e. The highest BCUT2D eigenvalue weighted by Gasteiger charge is 2.07. The van der Waals surface area contributed by atoms with Crippen molar-refractivity contribution in [2.24, 2.45) is 0 Å². The first-order valence-electron chi connectivity index (χ1n) is 8.07. The monoisotopic (exact) mass is 305 g/mol. The predicted molar refractivity (Wildman–Crippen MR) is 95.1 cm³/mol. The molecule has 0 fully saturated rings. The topological polar surface area (TPSA) is 64.9 Å². The Hall–Kier alpha value is -2.02. The largest absolute Gasteiger partial charge is 0.336 e. The first-order chi connectivity index (χ1) is 10.5. The molecule has 2 N–H and O–H groups in total. The number of anilines is 1. The lowest BCUT2D eigenvalue weighted by Crippen LogP contribution is -2.34. The molecule has 124 valence electrons. The number of nitrogens with one attached hydrogen (secondary N) is 2. The van der Waals surface area contributed by atoms with E-state index in [1.54, 1.807) is 0 Å². The summed E-state index contributed by atoms with van der Waals surface area (Å²) < 4.78 is 0. The Balaban J connectivity index is 0. The molecule has 4 heteroatoms. The second-order valence-corrected chi connectivity index (χ2v) is 4.64. The molecule has 0 aliphatic carbocycles. The van der Waals surface area contributed by atoms with Crippen LogP contribution in [0.3, 0.4) is 0 Å². The third kappa shape index (κ3) is 9.82. The van der Waals surface area contributed by atoms with Crippen molar-refractivity contribution in [2.45, 2.75) is 66.8 Å². The molecular weight excluding hydrogens is 274 g/mol. The van der Waals surface area contributed by atoms with Crippen LogP contribution in [0, 0.1) is 11.3 Å². The zero-order valence-electron chi connectivity index (χ0n) is 15.0. The summed E-state index contributed by atoms with van der Waals surface area (Å²) in [7, 11) is 0. The molecule has 1 rings (SSSR count). The van der Waals surface area contributed by atoms with Gasteiger partial charge in [0.2, 0.25) is 0 Å². The molecule has 1 unspecified atom stereocenters. The van der Waals surface area contributed by atoms with E-state index in [0.717, 1.165) is 11.3 Å². The second kappa shape index (κ2) is 13.9. The summed E-state index contributed by atoms with van der Waals surface area (Å²) in [6, 6.07) is 9.63. The van der Waals surface area contributed by atoms with E-state index in [0.29, 0.717) is 6.42 Å². The Labute approximate surface area is 135 Å². The zero-order valence-corrected chi connectivity index (χ0v) is 15.0. The molecule has 0 heterocycles. The van der Waals surface area contributed by atoms with Gasteiger partial charge >= 0.3 is 6.03 Å². The van der Waals surface area contributed by atoms with Crippen LogP contribution in [-0.2, 0) is 0 Å². The number of hydrogen-bond acceptors (Lipinski definition) is 2. The molecule has 0 bridgehead atoms. The van der Waals surface area contributed by atoms with E-state index in [1.165, 1.54) is 0 Å². The maximum absolute atomic E-state index is 11.6. The van der Waals surface area contributed by atoms with Crippen molar-refractivity contribution in [3.05, 3.63) is 29.8 Å². The van der Waals surface area contributed by atoms with Crippen LogP contribution in [0.5, 0.6) is 0 Å². The fourth-order valence-electron chi connectivity index (χ4n) is 1.61.